The number of rotatable bonds is 7. The molecule has 8 unspecified atom stereocenters. The van der Waals surface area contributed by atoms with Crippen molar-refractivity contribution in [3.63, 3.8) is 0 Å². The van der Waals surface area contributed by atoms with Gasteiger partial charge in [-0.2, -0.15) is 5.48 Å². The molecule has 3 aliphatic rings. The number of nitrogens with one attached hydrogen (secondary N) is 1. The lowest BCUT2D eigenvalue weighted by Crippen LogP contribution is -2.89. The van der Waals surface area contributed by atoms with E-state index >= 15 is 0 Å². The monoisotopic (exact) mass is 416 g/mol. The van der Waals surface area contributed by atoms with Gasteiger partial charge in [0.1, 0.15) is 18.6 Å². The summed E-state index contributed by atoms with van der Waals surface area (Å²) in [6.07, 6.45) is 7.86. The molecule has 8 N–H and O–H groups in total. The van der Waals surface area contributed by atoms with Crippen molar-refractivity contribution in [1.82, 2.24) is 5.32 Å². The maximum absolute atomic E-state index is 10.8. The van der Waals surface area contributed by atoms with Gasteiger partial charge >= 0.3 is 0 Å². The lowest BCUT2D eigenvalue weighted by Gasteiger charge is -2.36. The van der Waals surface area contributed by atoms with Gasteiger partial charge in [0, 0.05) is 18.3 Å². The lowest BCUT2D eigenvalue weighted by molar-refractivity contribution is -0.907. The van der Waals surface area contributed by atoms with Gasteiger partial charge in [-0.1, -0.05) is 39.0 Å². The highest BCUT2D eigenvalue weighted by Crippen LogP contribution is 2.49. The minimum atomic E-state index is -0.897. The maximum atomic E-state index is 10.8. The van der Waals surface area contributed by atoms with E-state index in [-0.39, 0.29) is 23.4 Å². The summed E-state index contributed by atoms with van der Waals surface area (Å²) in [7, 11) is 1.64. The Morgan fingerprint density at radius 3 is 2.57 bits per heavy atom. The van der Waals surface area contributed by atoms with Gasteiger partial charge in [-0.25, -0.2) is 5.21 Å². The Balaban J connectivity index is 1.69. The maximum Gasteiger partial charge on any atom is 0.161 e. The summed E-state index contributed by atoms with van der Waals surface area (Å²) in [6, 6.07) is -0.216. The molecule has 3 rings (SSSR count). The van der Waals surface area contributed by atoms with Crippen LogP contribution in [0.3, 0.4) is 0 Å². The molecule has 0 spiro atoms. The fourth-order valence-corrected chi connectivity index (χ4v) is 7.32. The van der Waals surface area contributed by atoms with Crippen molar-refractivity contribution in [2.75, 3.05) is 7.11 Å². The molecule has 2 aliphatic carbocycles. The first-order valence-electron chi connectivity index (χ1n) is 10.7. The molecule has 0 bridgehead atoms. The van der Waals surface area contributed by atoms with Crippen LogP contribution in [0.25, 0.3) is 0 Å². The van der Waals surface area contributed by atoms with Crippen LogP contribution in [0.2, 0.25) is 0 Å². The van der Waals surface area contributed by atoms with Gasteiger partial charge in [0.25, 0.3) is 0 Å². The third-order valence-corrected chi connectivity index (χ3v) is 8.47. The number of hydroxylamine groups is 1. The first-order chi connectivity index (χ1) is 13.5. The van der Waals surface area contributed by atoms with E-state index in [1.165, 1.54) is 32.1 Å². The molecule has 1 aliphatic heterocycles. The molecule has 7 nitrogen and oxygen atoms in total. The van der Waals surface area contributed by atoms with Gasteiger partial charge in [-0.15, -0.1) is 11.8 Å². The van der Waals surface area contributed by atoms with Crippen molar-refractivity contribution in [2.24, 2.45) is 23.5 Å². The Morgan fingerprint density at radius 2 is 1.96 bits per heavy atom. The Labute approximate surface area is 172 Å². The van der Waals surface area contributed by atoms with Gasteiger partial charge in [-0.05, 0) is 36.3 Å². The van der Waals surface area contributed by atoms with E-state index < -0.39 is 12.5 Å². The lowest BCUT2D eigenvalue weighted by atomic mass is 9.72. The Hall–Kier alpha value is -0.190. The zero-order valence-electron chi connectivity index (χ0n) is 17.0. The van der Waals surface area contributed by atoms with E-state index in [1.807, 2.05) is 6.08 Å². The Morgan fingerprint density at radius 1 is 1.25 bits per heavy atom. The summed E-state index contributed by atoms with van der Waals surface area (Å²) in [5.74, 6) is 0.897. The van der Waals surface area contributed by atoms with Crippen molar-refractivity contribution >= 4 is 11.8 Å². The normalized spacial score (nSPS) is 39.6. The smallest absolute Gasteiger partial charge is 0.161 e. The molecule has 2 fully saturated rings. The first kappa shape index (κ1) is 22.5. The number of quaternary nitrogens is 1. The second-order valence-corrected chi connectivity index (χ2v) is 10.2. The van der Waals surface area contributed by atoms with Crippen LogP contribution >= 0.6 is 11.8 Å². The van der Waals surface area contributed by atoms with Crippen LogP contribution in [0.5, 0.6) is 0 Å². The Kier molecular flexibility index (Phi) is 8.21. The molecule has 1 saturated heterocycles. The van der Waals surface area contributed by atoms with Crippen LogP contribution in [-0.2, 0) is 4.74 Å². The van der Waals surface area contributed by atoms with Gasteiger partial charge in [0.15, 0.2) is 6.04 Å². The van der Waals surface area contributed by atoms with E-state index in [0.717, 1.165) is 17.5 Å². The highest BCUT2D eigenvalue weighted by atomic mass is 32.2. The van der Waals surface area contributed by atoms with E-state index in [0.29, 0.717) is 23.5 Å². The summed E-state index contributed by atoms with van der Waals surface area (Å²) in [5.41, 5.74) is 8.03. The summed E-state index contributed by atoms with van der Waals surface area (Å²) in [5, 5.41) is 34.4. The minimum Gasteiger partial charge on any atom is -0.378 e. The largest absolute Gasteiger partial charge is 0.378 e. The molecule has 0 aromatic carbocycles. The predicted molar refractivity (Wildman–Crippen MR) is 109 cm³/mol. The van der Waals surface area contributed by atoms with Gasteiger partial charge in [0.05, 0.1) is 5.37 Å². The molecule has 28 heavy (non-hydrogen) atoms. The van der Waals surface area contributed by atoms with E-state index in [9.17, 15) is 15.4 Å². The zero-order valence-corrected chi connectivity index (χ0v) is 17.9. The summed E-state index contributed by atoms with van der Waals surface area (Å²) >= 11 is 1.79. The molecular formula is C20H38N3O4S+. The zero-order chi connectivity index (χ0) is 20.3. The second kappa shape index (κ2) is 10.2. The molecule has 162 valence electrons. The molecule has 0 radical (unpaired) electrons. The number of ether oxygens (including phenoxy) is 1. The minimum absolute atomic E-state index is 0.0591. The fourth-order valence-electron chi connectivity index (χ4n) is 5.54. The quantitative estimate of drug-likeness (QED) is 0.203. The average Bonchev–Trinajstić information content (AvgIpc) is 3.03. The molecule has 0 aromatic heterocycles. The molecule has 8 atom stereocenters. The topological polar surface area (TPSA) is 125 Å². The molecule has 0 aromatic rings. The number of hydrogen-bond acceptors (Lipinski definition) is 7. The third-order valence-electron chi connectivity index (χ3n) is 6.99. The molecule has 1 saturated carbocycles. The molecular weight excluding hydrogens is 378 g/mol. The first-order valence-corrected chi connectivity index (χ1v) is 11.6. The van der Waals surface area contributed by atoms with E-state index in [2.05, 4.69) is 12.2 Å². The van der Waals surface area contributed by atoms with Crippen molar-refractivity contribution in [1.29, 1.82) is 0 Å². The summed E-state index contributed by atoms with van der Waals surface area (Å²) < 4.78 is 5.41. The van der Waals surface area contributed by atoms with Gasteiger partial charge in [-0.3, -0.25) is 5.32 Å². The highest BCUT2D eigenvalue weighted by molar-refractivity contribution is 8.00. The molecule has 1 heterocycles. The van der Waals surface area contributed by atoms with Crippen LogP contribution < -0.4 is 16.5 Å². The van der Waals surface area contributed by atoms with Gasteiger partial charge < -0.3 is 20.7 Å². The van der Waals surface area contributed by atoms with Crippen LogP contribution in [0.1, 0.15) is 51.9 Å². The van der Waals surface area contributed by atoms with Crippen molar-refractivity contribution in [3.05, 3.63) is 11.6 Å². The number of thioether (sulfide) groups is 1. The average molecular weight is 417 g/mol. The van der Waals surface area contributed by atoms with E-state index in [4.69, 9.17) is 10.5 Å². The van der Waals surface area contributed by atoms with Crippen LogP contribution in [0.15, 0.2) is 11.6 Å². The van der Waals surface area contributed by atoms with Crippen molar-refractivity contribution in [2.45, 2.75) is 87.1 Å². The number of methoxy groups -OCH3 is 1. The van der Waals surface area contributed by atoms with Crippen LogP contribution in [0.4, 0.5) is 0 Å². The highest BCUT2D eigenvalue weighted by Gasteiger charge is 2.48. The standard InChI is InChI=1S/C20H37N3O4S/c1-11-16(12-6-4-3-5-7-12)17(18(21)24)20(28-11)22-19(25)13-8-9-15(27-2)14(10-13)23-26/h10-12,14-20,22-26H,3-9,21H2,1-2H3/p+1. The number of hydrogen-bond donors (Lipinski definition) is 6. The predicted octanol–water partition coefficient (Wildman–Crippen LogP) is 0.502. The second-order valence-electron chi connectivity index (χ2n) is 8.66. The number of aliphatic hydroxyl groups excluding tert-OH is 2. The molecule has 8 heteroatoms. The fraction of sp³-hybridized carbons (Fsp3) is 0.900. The van der Waals surface area contributed by atoms with Crippen molar-refractivity contribution in [3.8, 4) is 0 Å². The van der Waals surface area contributed by atoms with Gasteiger partial charge in [0.2, 0.25) is 0 Å². The summed E-state index contributed by atoms with van der Waals surface area (Å²) in [4.78, 5) is 0. The van der Waals surface area contributed by atoms with E-state index in [1.54, 1.807) is 18.9 Å². The third kappa shape index (κ3) is 4.92. The molecule has 0 amide bonds. The number of aliphatic hydroxyl groups is 2. The number of nitrogens with two attached hydrogens (primary N) is 2. The van der Waals surface area contributed by atoms with Crippen molar-refractivity contribution < 1.29 is 25.6 Å². The SMILES string of the molecule is COC1CCC(C(O)NC2SC(C)C(C3CCCCC3)C2C(N)O)=CC1[NH2+]O. The Bertz CT molecular complexity index is 530. The summed E-state index contributed by atoms with van der Waals surface area (Å²) in [6.45, 7) is 2.23. The van der Waals surface area contributed by atoms with Crippen LogP contribution in [0, 0.1) is 17.8 Å². The van der Waals surface area contributed by atoms with Crippen LogP contribution in [-0.4, -0.2) is 57.8 Å².